The quantitative estimate of drug-likeness (QED) is 0.821. The molecule has 0 spiro atoms. The number of aliphatic hydroxyl groups excluding tert-OH is 1. The number of aliphatic hydroxyl groups is 1. The third-order valence-electron chi connectivity index (χ3n) is 2.34. The van der Waals surface area contributed by atoms with E-state index in [4.69, 9.17) is 9.47 Å². The van der Waals surface area contributed by atoms with Crippen molar-refractivity contribution in [3.8, 4) is 5.75 Å². The summed E-state index contributed by atoms with van der Waals surface area (Å²) >= 11 is 0. The lowest BCUT2D eigenvalue weighted by atomic mass is 10.1. The Kier molecular flexibility index (Phi) is 5.09. The highest BCUT2D eigenvalue weighted by molar-refractivity contribution is 5.74. The van der Waals surface area contributed by atoms with Gasteiger partial charge in [0.05, 0.1) is 12.7 Å². The normalized spacial score (nSPS) is 13.8. The second kappa shape index (κ2) is 6.35. The molecule has 0 amide bonds. The van der Waals surface area contributed by atoms with Crippen molar-refractivity contribution in [2.24, 2.45) is 0 Å². The minimum absolute atomic E-state index is 0.263. The molecule has 2 atom stereocenters. The predicted octanol–water partition coefficient (Wildman–Crippen LogP) is 2.21. The molecule has 1 rings (SSSR count). The number of carbonyl (C=O) groups is 1. The van der Waals surface area contributed by atoms with E-state index >= 15 is 0 Å². The van der Waals surface area contributed by atoms with Gasteiger partial charge in [0.15, 0.2) is 6.10 Å². The molecule has 0 bridgehead atoms. The first-order valence-electron chi connectivity index (χ1n) is 5.76. The zero-order chi connectivity index (χ0) is 13.7. The molecule has 100 valence electrons. The van der Waals surface area contributed by atoms with Crippen LogP contribution in [0, 0.1) is 5.82 Å². The van der Waals surface area contributed by atoms with Crippen LogP contribution in [-0.2, 0) is 9.53 Å². The Bertz CT molecular complexity index is 417. The molecule has 1 N–H and O–H groups in total. The van der Waals surface area contributed by atoms with Crippen molar-refractivity contribution in [1.29, 1.82) is 0 Å². The summed E-state index contributed by atoms with van der Waals surface area (Å²) < 4.78 is 23.2. The van der Waals surface area contributed by atoms with Crippen LogP contribution in [0.3, 0.4) is 0 Å². The van der Waals surface area contributed by atoms with E-state index < -0.39 is 24.0 Å². The highest BCUT2D eigenvalue weighted by Crippen LogP contribution is 2.26. The first-order chi connectivity index (χ1) is 8.45. The van der Waals surface area contributed by atoms with Crippen molar-refractivity contribution in [2.45, 2.75) is 33.0 Å². The Labute approximate surface area is 105 Å². The van der Waals surface area contributed by atoms with Crippen LogP contribution < -0.4 is 4.74 Å². The second-order valence-corrected chi connectivity index (χ2v) is 3.87. The average Bonchev–Trinajstić information content (AvgIpc) is 2.31. The second-order valence-electron chi connectivity index (χ2n) is 3.87. The Morgan fingerprint density at radius 3 is 2.67 bits per heavy atom. The topological polar surface area (TPSA) is 55.8 Å². The minimum Gasteiger partial charge on any atom is -0.479 e. The first-order valence-corrected chi connectivity index (χ1v) is 5.76. The van der Waals surface area contributed by atoms with E-state index in [1.807, 2.05) is 0 Å². The predicted molar refractivity (Wildman–Crippen MR) is 63.8 cm³/mol. The molecule has 0 radical (unpaired) electrons. The Morgan fingerprint density at radius 1 is 1.44 bits per heavy atom. The van der Waals surface area contributed by atoms with Gasteiger partial charge in [-0.3, -0.25) is 0 Å². The van der Waals surface area contributed by atoms with Gasteiger partial charge < -0.3 is 14.6 Å². The molecule has 0 aromatic heterocycles. The highest BCUT2D eigenvalue weighted by atomic mass is 19.1. The third-order valence-corrected chi connectivity index (χ3v) is 2.34. The summed E-state index contributed by atoms with van der Waals surface area (Å²) in [6.45, 7) is 4.99. The lowest BCUT2D eigenvalue weighted by Crippen LogP contribution is -2.26. The van der Waals surface area contributed by atoms with E-state index in [1.54, 1.807) is 6.92 Å². The van der Waals surface area contributed by atoms with Crippen LogP contribution in [0.5, 0.6) is 5.75 Å². The molecule has 0 saturated carbocycles. The van der Waals surface area contributed by atoms with Crippen LogP contribution in [0.2, 0.25) is 0 Å². The standard InChI is InChI=1S/C13H17FO4/c1-4-17-13(16)9(3)18-12-6-5-10(14)7-11(12)8(2)15/h5-9,15H,4H2,1-3H3/t8-,9?/m0/s1. The largest absolute Gasteiger partial charge is 0.479 e. The number of hydrogen-bond acceptors (Lipinski definition) is 4. The van der Waals surface area contributed by atoms with Crippen LogP contribution in [-0.4, -0.2) is 23.8 Å². The number of esters is 1. The van der Waals surface area contributed by atoms with Crippen molar-refractivity contribution in [3.05, 3.63) is 29.6 Å². The van der Waals surface area contributed by atoms with Crippen molar-refractivity contribution < 1.29 is 23.8 Å². The van der Waals surface area contributed by atoms with E-state index in [0.29, 0.717) is 5.56 Å². The molecule has 0 aliphatic rings. The molecule has 0 saturated heterocycles. The molecule has 0 aliphatic heterocycles. The van der Waals surface area contributed by atoms with Crippen LogP contribution in [0.15, 0.2) is 18.2 Å². The number of rotatable bonds is 5. The number of hydrogen-bond donors (Lipinski definition) is 1. The Morgan fingerprint density at radius 2 is 2.11 bits per heavy atom. The molecule has 1 unspecified atom stereocenters. The smallest absolute Gasteiger partial charge is 0.347 e. The number of benzene rings is 1. The van der Waals surface area contributed by atoms with Gasteiger partial charge in [0.2, 0.25) is 0 Å². The van der Waals surface area contributed by atoms with Crippen LogP contribution in [0.4, 0.5) is 4.39 Å². The molecule has 5 heteroatoms. The maximum Gasteiger partial charge on any atom is 0.347 e. The van der Waals surface area contributed by atoms with Gasteiger partial charge in [-0.1, -0.05) is 0 Å². The summed E-state index contributed by atoms with van der Waals surface area (Å²) in [6.07, 6.45) is -1.70. The van der Waals surface area contributed by atoms with Crippen LogP contribution in [0.25, 0.3) is 0 Å². The third kappa shape index (κ3) is 3.70. The van der Waals surface area contributed by atoms with Crippen molar-refractivity contribution >= 4 is 5.97 Å². The van der Waals surface area contributed by atoms with Gasteiger partial charge in [0.1, 0.15) is 11.6 Å². The minimum atomic E-state index is -0.884. The lowest BCUT2D eigenvalue weighted by Gasteiger charge is -2.17. The first kappa shape index (κ1) is 14.4. The molecule has 4 nitrogen and oxygen atoms in total. The summed E-state index contributed by atoms with van der Waals surface area (Å²) in [5.74, 6) is -0.702. The maximum absolute atomic E-state index is 13.1. The van der Waals surface area contributed by atoms with Gasteiger partial charge in [0.25, 0.3) is 0 Å². The van der Waals surface area contributed by atoms with Gasteiger partial charge in [-0.05, 0) is 39.0 Å². The van der Waals surface area contributed by atoms with E-state index in [0.717, 1.165) is 0 Å². The summed E-state index contributed by atoms with van der Waals surface area (Å²) in [4.78, 5) is 11.4. The van der Waals surface area contributed by atoms with E-state index in [1.165, 1.54) is 32.0 Å². The molecule has 0 heterocycles. The van der Waals surface area contributed by atoms with Gasteiger partial charge in [-0.2, -0.15) is 0 Å². The fraction of sp³-hybridized carbons (Fsp3) is 0.462. The Balaban J connectivity index is 2.87. The number of halogens is 1. The zero-order valence-electron chi connectivity index (χ0n) is 10.6. The molecule has 1 aromatic carbocycles. The molecule has 1 aromatic rings. The summed E-state index contributed by atoms with van der Waals surface area (Å²) in [7, 11) is 0. The van der Waals surface area contributed by atoms with Crippen molar-refractivity contribution in [3.63, 3.8) is 0 Å². The van der Waals surface area contributed by atoms with E-state index in [2.05, 4.69) is 0 Å². The van der Waals surface area contributed by atoms with Gasteiger partial charge in [0, 0.05) is 5.56 Å². The van der Waals surface area contributed by atoms with Crippen molar-refractivity contribution in [1.82, 2.24) is 0 Å². The van der Waals surface area contributed by atoms with Gasteiger partial charge in [-0.25, -0.2) is 9.18 Å². The average molecular weight is 256 g/mol. The SMILES string of the molecule is CCOC(=O)C(C)Oc1ccc(F)cc1[C@H](C)O. The van der Waals surface area contributed by atoms with Crippen molar-refractivity contribution in [2.75, 3.05) is 6.61 Å². The molecule has 0 fully saturated rings. The van der Waals surface area contributed by atoms with Crippen LogP contribution in [0.1, 0.15) is 32.4 Å². The monoisotopic (exact) mass is 256 g/mol. The fourth-order valence-corrected chi connectivity index (χ4v) is 1.45. The number of ether oxygens (including phenoxy) is 2. The highest BCUT2D eigenvalue weighted by Gasteiger charge is 2.19. The van der Waals surface area contributed by atoms with E-state index in [-0.39, 0.29) is 12.4 Å². The number of carbonyl (C=O) groups excluding carboxylic acids is 1. The summed E-state index contributed by atoms with van der Waals surface area (Å²) in [5, 5.41) is 9.52. The van der Waals surface area contributed by atoms with Gasteiger partial charge >= 0.3 is 5.97 Å². The summed E-state index contributed by atoms with van der Waals surface area (Å²) in [5.41, 5.74) is 0.297. The van der Waals surface area contributed by atoms with Crippen LogP contribution >= 0.6 is 0 Å². The zero-order valence-corrected chi connectivity index (χ0v) is 10.6. The molecule has 18 heavy (non-hydrogen) atoms. The van der Waals surface area contributed by atoms with Gasteiger partial charge in [-0.15, -0.1) is 0 Å². The molecule has 0 aliphatic carbocycles. The maximum atomic E-state index is 13.1. The fourth-order valence-electron chi connectivity index (χ4n) is 1.45. The molecular weight excluding hydrogens is 239 g/mol. The molecular formula is C13H17FO4. The lowest BCUT2D eigenvalue weighted by molar-refractivity contribution is -0.150. The van der Waals surface area contributed by atoms with E-state index in [9.17, 15) is 14.3 Å². The summed E-state index contributed by atoms with van der Waals surface area (Å²) in [6, 6.07) is 3.77. The Hall–Kier alpha value is -1.62.